The quantitative estimate of drug-likeness (QED) is 0.800. The highest BCUT2D eigenvalue weighted by molar-refractivity contribution is 7.91. The van der Waals surface area contributed by atoms with Crippen molar-refractivity contribution in [3.63, 3.8) is 0 Å². The number of benzene rings is 1. The second kappa shape index (κ2) is 7.50. The van der Waals surface area contributed by atoms with Gasteiger partial charge in [-0.25, -0.2) is 8.42 Å². The van der Waals surface area contributed by atoms with Crippen LogP contribution >= 0.6 is 11.6 Å². The lowest BCUT2D eigenvalue weighted by Crippen LogP contribution is -2.23. The lowest BCUT2D eigenvalue weighted by Gasteiger charge is -2.26. The predicted octanol–water partition coefficient (Wildman–Crippen LogP) is 4.08. The van der Waals surface area contributed by atoms with Crippen LogP contribution in [0.25, 0.3) is 0 Å². The van der Waals surface area contributed by atoms with Crippen molar-refractivity contribution in [3.05, 3.63) is 24.3 Å². The molecule has 1 N–H and O–H groups in total. The SMILES string of the molecule is CCCS(=O)(=O)c1ccccc1NCC1CCCC(Cl)C1. The first-order chi connectivity index (χ1) is 10.0. The van der Waals surface area contributed by atoms with E-state index in [0.717, 1.165) is 31.5 Å². The van der Waals surface area contributed by atoms with Gasteiger partial charge in [-0.2, -0.15) is 0 Å². The molecule has 1 aromatic rings. The van der Waals surface area contributed by atoms with Crippen LogP contribution in [0.1, 0.15) is 39.0 Å². The lowest BCUT2D eigenvalue weighted by atomic mass is 9.89. The maximum atomic E-state index is 12.3. The molecule has 1 aromatic carbocycles. The Labute approximate surface area is 133 Å². The fourth-order valence-corrected chi connectivity index (χ4v) is 4.85. The van der Waals surface area contributed by atoms with E-state index in [1.807, 2.05) is 19.1 Å². The number of hydrogen-bond acceptors (Lipinski definition) is 3. The zero-order valence-corrected chi connectivity index (χ0v) is 14.1. The monoisotopic (exact) mass is 329 g/mol. The number of anilines is 1. The topological polar surface area (TPSA) is 46.2 Å². The van der Waals surface area contributed by atoms with Crippen molar-refractivity contribution in [2.75, 3.05) is 17.6 Å². The molecular weight excluding hydrogens is 306 g/mol. The second-order valence-corrected chi connectivity index (χ2v) is 8.52. The number of para-hydroxylation sites is 1. The van der Waals surface area contributed by atoms with Crippen molar-refractivity contribution in [1.29, 1.82) is 0 Å². The molecule has 2 rings (SSSR count). The van der Waals surface area contributed by atoms with Crippen molar-refractivity contribution in [2.24, 2.45) is 5.92 Å². The minimum Gasteiger partial charge on any atom is -0.384 e. The van der Waals surface area contributed by atoms with Gasteiger partial charge < -0.3 is 5.32 Å². The second-order valence-electron chi connectivity index (χ2n) is 5.83. The first kappa shape index (κ1) is 16.6. The van der Waals surface area contributed by atoms with E-state index >= 15 is 0 Å². The van der Waals surface area contributed by atoms with Crippen molar-refractivity contribution in [1.82, 2.24) is 0 Å². The van der Waals surface area contributed by atoms with Gasteiger partial charge in [-0.3, -0.25) is 0 Å². The molecule has 3 nitrogen and oxygen atoms in total. The number of halogens is 1. The summed E-state index contributed by atoms with van der Waals surface area (Å²) in [7, 11) is -3.19. The van der Waals surface area contributed by atoms with Crippen LogP contribution in [0, 0.1) is 5.92 Å². The third-order valence-electron chi connectivity index (χ3n) is 3.99. The van der Waals surface area contributed by atoms with Crippen molar-refractivity contribution in [3.8, 4) is 0 Å². The van der Waals surface area contributed by atoms with Gasteiger partial charge in [0.25, 0.3) is 0 Å². The molecule has 118 valence electrons. The molecule has 0 radical (unpaired) electrons. The highest BCUT2D eigenvalue weighted by atomic mass is 35.5. The summed E-state index contributed by atoms with van der Waals surface area (Å²) in [6, 6.07) is 7.20. The summed E-state index contributed by atoms with van der Waals surface area (Å²) in [5, 5.41) is 3.60. The van der Waals surface area contributed by atoms with Gasteiger partial charge in [0.1, 0.15) is 0 Å². The molecule has 0 spiro atoms. The molecule has 5 heteroatoms. The first-order valence-corrected chi connectivity index (χ1v) is 9.81. The van der Waals surface area contributed by atoms with E-state index in [1.165, 1.54) is 6.42 Å². The zero-order valence-electron chi connectivity index (χ0n) is 12.5. The summed E-state index contributed by atoms with van der Waals surface area (Å²) in [6.45, 7) is 2.68. The molecule has 0 heterocycles. The molecule has 0 amide bonds. The van der Waals surface area contributed by atoms with Gasteiger partial charge >= 0.3 is 0 Å². The van der Waals surface area contributed by atoms with Crippen molar-refractivity contribution < 1.29 is 8.42 Å². The normalized spacial score (nSPS) is 23.0. The van der Waals surface area contributed by atoms with Crippen LogP contribution < -0.4 is 5.32 Å². The maximum absolute atomic E-state index is 12.3. The van der Waals surface area contributed by atoms with Gasteiger partial charge in [0.05, 0.1) is 16.3 Å². The zero-order chi connectivity index (χ0) is 15.3. The average molecular weight is 330 g/mol. The molecular formula is C16H24ClNO2S. The van der Waals surface area contributed by atoms with Crippen LogP contribution in [0.2, 0.25) is 0 Å². The number of rotatable bonds is 6. The molecule has 0 saturated heterocycles. The minimum atomic E-state index is -3.19. The summed E-state index contributed by atoms with van der Waals surface area (Å²) < 4.78 is 24.6. The fourth-order valence-electron chi connectivity index (χ4n) is 2.93. The van der Waals surface area contributed by atoms with E-state index in [1.54, 1.807) is 12.1 Å². The molecule has 1 aliphatic rings. The Bertz CT molecular complexity index is 559. The molecule has 2 atom stereocenters. The van der Waals surface area contributed by atoms with Gasteiger partial charge in [-0.05, 0) is 43.7 Å². The summed E-state index contributed by atoms with van der Waals surface area (Å²) in [4.78, 5) is 0.421. The van der Waals surface area contributed by atoms with E-state index in [9.17, 15) is 8.42 Å². The Hall–Kier alpha value is -0.740. The van der Waals surface area contributed by atoms with Crippen LogP contribution in [0.5, 0.6) is 0 Å². The molecule has 0 bridgehead atoms. The van der Waals surface area contributed by atoms with Crippen LogP contribution in [0.15, 0.2) is 29.2 Å². The number of hydrogen-bond donors (Lipinski definition) is 1. The van der Waals surface area contributed by atoms with Gasteiger partial charge in [-0.1, -0.05) is 25.5 Å². The molecule has 0 aromatic heterocycles. The van der Waals surface area contributed by atoms with Gasteiger partial charge in [0.2, 0.25) is 0 Å². The Morgan fingerprint density at radius 1 is 1.29 bits per heavy atom. The van der Waals surface area contributed by atoms with Gasteiger partial charge in [-0.15, -0.1) is 11.6 Å². The van der Waals surface area contributed by atoms with Crippen LogP contribution in [0.3, 0.4) is 0 Å². The van der Waals surface area contributed by atoms with E-state index in [4.69, 9.17) is 11.6 Å². The van der Waals surface area contributed by atoms with Gasteiger partial charge in [0.15, 0.2) is 9.84 Å². The molecule has 0 aliphatic heterocycles. The third kappa shape index (κ3) is 4.62. The molecule has 1 saturated carbocycles. The summed E-state index contributed by atoms with van der Waals surface area (Å²) in [5.41, 5.74) is 0.725. The van der Waals surface area contributed by atoms with E-state index in [2.05, 4.69) is 5.32 Å². The summed E-state index contributed by atoms with van der Waals surface area (Å²) in [5.74, 6) is 0.724. The summed E-state index contributed by atoms with van der Waals surface area (Å²) >= 11 is 6.21. The van der Waals surface area contributed by atoms with Crippen LogP contribution in [0.4, 0.5) is 5.69 Å². The Morgan fingerprint density at radius 2 is 2.05 bits per heavy atom. The maximum Gasteiger partial charge on any atom is 0.180 e. The Balaban J connectivity index is 2.06. The highest BCUT2D eigenvalue weighted by Gasteiger charge is 2.21. The lowest BCUT2D eigenvalue weighted by molar-refractivity contribution is 0.378. The Kier molecular flexibility index (Phi) is 5.94. The van der Waals surface area contributed by atoms with Crippen molar-refractivity contribution >= 4 is 27.1 Å². The Morgan fingerprint density at radius 3 is 2.76 bits per heavy atom. The first-order valence-electron chi connectivity index (χ1n) is 7.72. The van der Waals surface area contributed by atoms with Gasteiger partial charge in [0, 0.05) is 11.9 Å². The number of sulfone groups is 1. The van der Waals surface area contributed by atoms with Crippen LogP contribution in [-0.2, 0) is 9.84 Å². The fraction of sp³-hybridized carbons (Fsp3) is 0.625. The van der Waals surface area contributed by atoms with E-state index in [-0.39, 0.29) is 11.1 Å². The average Bonchev–Trinajstić information content (AvgIpc) is 2.45. The number of nitrogens with one attached hydrogen (secondary N) is 1. The van der Waals surface area contributed by atoms with Crippen LogP contribution in [-0.4, -0.2) is 26.1 Å². The summed E-state index contributed by atoms with van der Waals surface area (Å²) in [6.07, 6.45) is 5.07. The largest absolute Gasteiger partial charge is 0.384 e. The van der Waals surface area contributed by atoms with E-state index < -0.39 is 9.84 Å². The minimum absolute atomic E-state index is 0.193. The molecule has 1 fully saturated rings. The number of alkyl halides is 1. The predicted molar refractivity (Wildman–Crippen MR) is 88.9 cm³/mol. The third-order valence-corrected chi connectivity index (χ3v) is 6.36. The smallest absolute Gasteiger partial charge is 0.180 e. The standard InChI is InChI=1S/C16H24ClNO2S/c1-2-10-21(19,20)16-9-4-3-8-15(16)18-12-13-6-5-7-14(17)11-13/h3-4,8-9,13-14,18H,2,5-7,10-12H2,1H3. The molecule has 21 heavy (non-hydrogen) atoms. The molecule has 2 unspecified atom stereocenters. The highest BCUT2D eigenvalue weighted by Crippen LogP contribution is 2.29. The van der Waals surface area contributed by atoms with E-state index in [0.29, 0.717) is 17.2 Å². The van der Waals surface area contributed by atoms with Crippen molar-refractivity contribution in [2.45, 2.75) is 49.3 Å². The molecule has 1 aliphatic carbocycles.